The largest absolute Gasteiger partial charge is 0.481 e. The Morgan fingerprint density at radius 1 is 1.41 bits per heavy atom. The molecule has 5 heteroatoms. The average Bonchev–Trinajstić information content (AvgIpc) is 2.26. The maximum absolute atomic E-state index is 11.0. The summed E-state index contributed by atoms with van der Waals surface area (Å²) in [7, 11) is 0. The first kappa shape index (κ1) is 13.0. The van der Waals surface area contributed by atoms with E-state index in [4.69, 9.17) is 15.6 Å². The molecule has 5 nitrogen and oxygen atoms in total. The van der Waals surface area contributed by atoms with Crippen LogP contribution < -0.4 is 10.5 Å². The number of rotatable bonds is 6. The number of benzene rings is 1. The molecule has 0 bridgehead atoms. The van der Waals surface area contributed by atoms with Gasteiger partial charge in [-0.05, 0) is 12.5 Å². The Labute approximate surface area is 99.2 Å². The van der Waals surface area contributed by atoms with Crippen LogP contribution >= 0.6 is 0 Å². The van der Waals surface area contributed by atoms with Crippen LogP contribution in [-0.2, 0) is 16.0 Å². The van der Waals surface area contributed by atoms with Crippen LogP contribution in [0.1, 0.15) is 18.9 Å². The fourth-order valence-corrected chi connectivity index (χ4v) is 1.42. The van der Waals surface area contributed by atoms with E-state index in [0.29, 0.717) is 17.7 Å². The Balaban J connectivity index is 2.89. The van der Waals surface area contributed by atoms with Gasteiger partial charge in [0.25, 0.3) is 5.91 Å². The number of ether oxygens (including phenoxy) is 1. The van der Waals surface area contributed by atoms with Gasteiger partial charge in [0.1, 0.15) is 5.75 Å². The lowest BCUT2D eigenvalue weighted by atomic mass is 10.1. The second kappa shape index (κ2) is 5.89. The van der Waals surface area contributed by atoms with E-state index >= 15 is 0 Å². The van der Waals surface area contributed by atoms with Crippen molar-refractivity contribution in [1.82, 2.24) is 0 Å². The number of hydrogen-bond donors (Lipinski definition) is 2. The van der Waals surface area contributed by atoms with Crippen molar-refractivity contribution in [2.45, 2.75) is 25.9 Å². The summed E-state index contributed by atoms with van der Waals surface area (Å²) in [6.07, 6.45) is -0.438. The van der Waals surface area contributed by atoms with E-state index < -0.39 is 18.0 Å². The van der Waals surface area contributed by atoms with Crippen molar-refractivity contribution in [2.24, 2.45) is 5.73 Å². The van der Waals surface area contributed by atoms with Gasteiger partial charge in [-0.15, -0.1) is 0 Å². The van der Waals surface area contributed by atoms with E-state index in [1.54, 1.807) is 31.2 Å². The first-order chi connectivity index (χ1) is 8.04. The molecule has 3 N–H and O–H groups in total. The van der Waals surface area contributed by atoms with E-state index in [0.717, 1.165) is 0 Å². The number of carboxylic acids is 1. The number of primary amides is 1. The van der Waals surface area contributed by atoms with Crippen molar-refractivity contribution in [3.63, 3.8) is 0 Å². The second-order valence-corrected chi connectivity index (χ2v) is 3.60. The lowest BCUT2D eigenvalue weighted by Gasteiger charge is -2.16. The molecular formula is C12H15NO4. The van der Waals surface area contributed by atoms with Gasteiger partial charge in [-0.25, -0.2) is 0 Å². The summed E-state index contributed by atoms with van der Waals surface area (Å²) in [5, 5.41) is 8.74. The quantitative estimate of drug-likeness (QED) is 0.771. The highest BCUT2D eigenvalue weighted by Crippen LogP contribution is 2.20. The third kappa shape index (κ3) is 3.79. The van der Waals surface area contributed by atoms with Gasteiger partial charge in [-0.1, -0.05) is 25.1 Å². The van der Waals surface area contributed by atoms with Crippen molar-refractivity contribution >= 4 is 11.9 Å². The molecule has 0 spiro atoms. The summed E-state index contributed by atoms with van der Waals surface area (Å²) in [5.74, 6) is -1.12. The number of carbonyl (C=O) groups excluding carboxylic acids is 1. The summed E-state index contributed by atoms with van der Waals surface area (Å²) in [4.78, 5) is 21.7. The van der Waals surface area contributed by atoms with Crippen molar-refractivity contribution in [2.75, 3.05) is 0 Å². The molecule has 0 saturated carbocycles. The number of aliphatic carboxylic acids is 1. The summed E-state index contributed by atoms with van der Waals surface area (Å²) in [6, 6.07) is 6.71. The lowest BCUT2D eigenvalue weighted by molar-refractivity contribution is -0.136. The molecule has 0 aliphatic carbocycles. The van der Waals surface area contributed by atoms with Crippen molar-refractivity contribution in [3.8, 4) is 5.75 Å². The molecule has 1 amide bonds. The zero-order valence-electron chi connectivity index (χ0n) is 9.55. The fraction of sp³-hybridized carbons (Fsp3) is 0.333. The van der Waals surface area contributed by atoms with Crippen LogP contribution in [0.5, 0.6) is 5.75 Å². The first-order valence-corrected chi connectivity index (χ1v) is 5.30. The van der Waals surface area contributed by atoms with Crippen LogP contribution in [0, 0.1) is 0 Å². The Bertz CT molecular complexity index is 417. The van der Waals surface area contributed by atoms with Gasteiger partial charge in [0.2, 0.25) is 0 Å². The number of nitrogens with two attached hydrogens (primary N) is 1. The molecule has 0 aliphatic heterocycles. The average molecular weight is 237 g/mol. The van der Waals surface area contributed by atoms with Gasteiger partial charge < -0.3 is 15.6 Å². The minimum atomic E-state index is -0.951. The van der Waals surface area contributed by atoms with E-state index in [2.05, 4.69) is 0 Å². The van der Waals surface area contributed by atoms with Gasteiger partial charge >= 0.3 is 5.97 Å². The standard InChI is InChI=1S/C12H15NO4/c1-2-9(12(13)16)17-10-6-4-3-5-8(10)7-11(14)15/h3-6,9H,2,7H2,1H3,(H2,13,16)(H,14,15). The maximum Gasteiger partial charge on any atom is 0.307 e. The van der Waals surface area contributed by atoms with E-state index in [-0.39, 0.29) is 6.42 Å². The highest BCUT2D eigenvalue weighted by Gasteiger charge is 2.16. The lowest BCUT2D eigenvalue weighted by Crippen LogP contribution is -2.33. The molecule has 0 heterocycles. The highest BCUT2D eigenvalue weighted by molar-refractivity contribution is 5.79. The number of amides is 1. The van der Waals surface area contributed by atoms with Crippen LogP contribution in [0.25, 0.3) is 0 Å². The second-order valence-electron chi connectivity index (χ2n) is 3.60. The van der Waals surface area contributed by atoms with Crippen LogP contribution in [0.15, 0.2) is 24.3 Å². The van der Waals surface area contributed by atoms with Gasteiger partial charge in [0.05, 0.1) is 6.42 Å². The molecule has 0 aliphatic rings. The molecule has 1 aromatic rings. The molecule has 1 unspecified atom stereocenters. The SMILES string of the molecule is CCC(Oc1ccccc1CC(=O)O)C(N)=O. The Kier molecular flexibility index (Phi) is 4.51. The summed E-state index contributed by atoms with van der Waals surface area (Å²) in [6.45, 7) is 1.77. The predicted octanol–water partition coefficient (Wildman–Crippen LogP) is 0.956. The molecule has 0 saturated heterocycles. The normalized spacial score (nSPS) is 11.8. The van der Waals surface area contributed by atoms with Crippen LogP contribution in [0.3, 0.4) is 0 Å². The Morgan fingerprint density at radius 2 is 2.06 bits per heavy atom. The maximum atomic E-state index is 11.0. The third-order valence-electron chi connectivity index (χ3n) is 2.27. The topological polar surface area (TPSA) is 89.6 Å². The minimum absolute atomic E-state index is 0.147. The van der Waals surface area contributed by atoms with E-state index in [1.165, 1.54) is 0 Å². The number of para-hydroxylation sites is 1. The third-order valence-corrected chi connectivity index (χ3v) is 2.27. The summed E-state index contributed by atoms with van der Waals surface area (Å²) < 4.78 is 5.42. The van der Waals surface area contributed by atoms with Crippen LogP contribution in [0.4, 0.5) is 0 Å². The molecule has 1 atom stereocenters. The Hall–Kier alpha value is -2.04. The first-order valence-electron chi connectivity index (χ1n) is 5.30. The van der Waals surface area contributed by atoms with Gasteiger partial charge in [-0.2, -0.15) is 0 Å². The molecule has 1 rings (SSSR count). The summed E-state index contributed by atoms with van der Waals surface area (Å²) >= 11 is 0. The highest BCUT2D eigenvalue weighted by atomic mass is 16.5. The van der Waals surface area contributed by atoms with Gasteiger partial charge in [0, 0.05) is 5.56 Å². The minimum Gasteiger partial charge on any atom is -0.481 e. The van der Waals surface area contributed by atoms with Gasteiger partial charge in [0.15, 0.2) is 6.10 Å². The molecule has 92 valence electrons. The van der Waals surface area contributed by atoms with Gasteiger partial charge in [-0.3, -0.25) is 9.59 Å². The van der Waals surface area contributed by atoms with Crippen LogP contribution in [-0.4, -0.2) is 23.1 Å². The van der Waals surface area contributed by atoms with E-state index in [1.807, 2.05) is 0 Å². The van der Waals surface area contributed by atoms with Crippen molar-refractivity contribution in [3.05, 3.63) is 29.8 Å². The molecular weight excluding hydrogens is 222 g/mol. The fourth-order valence-electron chi connectivity index (χ4n) is 1.42. The number of carbonyl (C=O) groups is 2. The number of hydrogen-bond acceptors (Lipinski definition) is 3. The van der Waals surface area contributed by atoms with E-state index in [9.17, 15) is 9.59 Å². The molecule has 1 aromatic carbocycles. The molecule has 17 heavy (non-hydrogen) atoms. The Morgan fingerprint density at radius 3 is 2.59 bits per heavy atom. The summed E-state index contributed by atoms with van der Waals surface area (Å²) in [5.41, 5.74) is 5.69. The molecule has 0 fully saturated rings. The smallest absolute Gasteiger partial charge is 0.307 e. The zero-order valence-corrected chi connectivity index (χ0v) is 9.55. The zero-order chi connectivity index (χ0) is 12.8. The number of carboxylic acid groups (broad SMARTS) is 1. The molecule has 0 radical (unpaired) electrons. The monoisotopic (exact) mass is 237 g/mol. The predicted molar refractivity (Wildman–Crippen MR) is 61.7 cm³/mol. The molecule has 0 aromatic heterocycles. The van der Waals surface area contributed by atoms with Crippen molar-refractivity contribution in [1.29, 1.82) is 0 Å². The van der Waals surface area contributed by atoms with Crippen LogP contribution in [0.2, 0.25) is 0 Å². The van der Waals surface area contributed by atoms with Crippen molar-refractivity contribution < 1.29 is 19.4 Å².